The topological polar surface area (TPSA) is 191 Å². The Balaban J connectivity index is 1.43. The normalized spacial score (nSPS) is 15.2. The molecule has 8 rings (SSSR count). The van der Waals surface area contributed by atoms with Crippen molar-refractivity contribution in [1.82, 2.24) is 9.44 Å². The Morgan fingerprint density at radius 1 is 0.388 bits per heavy atom. The molecule has 0 fully saturated rings. The molecule has 0 radical (unpaired) electrons. The highest BCUT2D eigenvalue weighted by Gasteiger charge is 2.31. The Morgan fingerprint density at radius 3 is 0.918 bits per heavy atom. The molecular formula is C68H84N2O13S2. The van der Waals surface area contributed by atoms with E-state index >= 15 is 0 Å². The molecule has 2 N–H and O–H groups in total. The minimum Gasteiger partial charge on any atom is -0.491 e. The summed E-state index contributed by atoms with van der Waals surface area (Å²) in [5, 5.41) is 0. The van der Waals surface area contributed by atoms with Crippen LogP contribution in [0.25, 0.3) is 0 Å². The Labute approximate surface area is 503 Å². The quantitative estimate of drug-likeness (QED) is 0.132. The van der Waals surface area contributed by atoms with Crippen molar-refractivity contribution in [2.24, 2.45) is 0 Å². The molecule has 1 aliphatic carbocycles. The van der Waals surface area contributed by atoms with Gasteiger partial charge in [0.05, 0.1) is 49.4 Å². The molecule has 0 spiro atoms. The molecule has 1 heterocycles. The van der Waals surface area contributed by atoms with Gasteiger partial charge in [0.1, 0.15) is 36.2 Å². The Bertz CT molecular complexity index is 3360. The van der Waals surface area contributed by atoms with E-state index in [0.717, 1.165) is 44.5 Å². The first-order valence-corrected chi connectivity index (χ1v) is 32.0. The maximum Gasteiger partial charge on any atom is 0.271 e. The smallest absolute Gasteiger partial charge is 0.271 e. The predicted octanol–water partition coefficient (Wildman–Crippen LogP) is 11.1. The zero-order chi connectivity index (χ0) is 61.5. The molecule has 0 aromatic heterocycles. The van der Waals surface area contributed by atoms with Gasteiger partial charge in [0.25, 0.3) is 31.9 Å². The molecule has 6 aromatic carbocycles. The molecule has 15 nitrogen and oxygen atoms in total. The molecular weight excluding hydrogens is 1120 g/mol. The van der Waals surface area contributed by atoms with E-state index < -0.39 is 55.9 Å². The molecule has 10 bridgehead atoms. The van der Waals surface area contributed by atoms with Crippen LogP contribution in [0.2, 0.25) is 0 Å². The fourth-order valence-corrected chi connectivity index (χ4v) is 12.2. The van der Waals surface area contributed by atoms with Gasteiger partial charge in [-0.05, 0) is 113 Å². The number of ether oxygens (including phenoxy) is 7. The van der Waals surface area contributed by atoms with E-state index in [-0.39, 0.29) is 66.3 Å². The van der Waals surface area contributed by atoms with Crippen molar-refractivity contribution in [2.45, 2.75) is 140 Å². The van der Waals surface area contributed by atoms with E-state index in [0.29, 0.717) is 78.1 Å². The first kappa shape index (κ1) is 64.2. The number of carbonyl (C=O) groups excluding carboxylic acids is 2. The van der Waals surface area contributed by atoms with E-state index in [2.05, 4.69) is 129 Å². The monoisotopic (exact) mass is 1200 g/mol. The second kappa shape index (κ2) is 26.5. The van der Waals surface area contributed by atoms with Crippen LogP contribution in [0, 0.1) is 0 Å². The SMILES string of the molecule is CC(C)(C)c1cc2c3c(c1)Cc1cc(C(C)(C)C)cc(c1OCC(=O)NS(=O)(=O)c1ccccc1)Cc1cc(C(C)(C)C)cc(c1OCC(=O)NS(=O)(=O)c1ccccc1)Cc1cc(C(C)(C)C)cc(c1OCCOCCOCCOCCO3)C2. The lowest BCUT2D eigenvalue weighted by molar-refractivity contribution is -0.122. The first-order valence-electron chi connectivity index (χ1n) is 29.1. The molecule has 2 aliphatic rings. The minimum absolute atomic E-state index is 0.0794. The molecule has 456 valence electrons. The van der Waals surface area contributed by atoms with Crippen molar-refractivity contribution in [3.8, 4) is 23.0 Å². The van der Waals surface area contributed by atoms with Crippen LogP contribution in [0.4, 0.5) is 0 Å². The summed E-state index contributed by atoms with van der Waals surface area (Å²) >= 11 is 0. The zero-order valence-corrected chi connectivity index (χ0v) is 53.0. The molecule has 0 saturated heterocycles. The summed E-state index contributed by atoms with van der Waals surface area (Å²) in [7, 11) is -8.56. The van der Waals surface area contributed by atoms with E-state index in [1.165, 1.54) is 24.3 Å². The van der Waals surface area contributed by atoms with Gasteiger partial charge in [0.2, 0.25) is 0 Å². The number of fused-ring (bicyclic) bond motifs is 4. The van der Waals surface area contributed by atoms with Crippen LogP contribution in [-0.2, 0) is 91.2 Å². The molecule has 0 saturated carbocycles. The molecule has 6 aromatic rings. The van der Waals surface area contributed by atoms with Gasteiger partial charge in [-0.15, -0.1) is 0 Å². The second-order valence-corrected chi connectivity index (χ2v) is 29.4. The highest BCUT2D eigenvalue weighted by Crippen LogP contribution is 2.44. The number of amides is 2. The minimum atomic E-state index is -4.28. The standard InChI is InChI=1S/C68H84N2O13S2/c1-65(2,3)53-35-45-31-46-36-54(66(4,5)6)38-48-33-50-40-56(68(10,11)12)42-52(64(50)83-44-60(72)70-85(75,76)58-21-17-14-18-22-58)34-51-41-55(67(7,8)9)39-49(63(51)82-43-59(71)69-84(73,74)57-19-15-13-16-20-57)32-47(37-53)61(45)80-29-27-78-25-23-77-24-26-79-28-30-81-62(46)48/h13-22,35-42H,23-34,43-44H2,1-12H3,(H,69,71)(H,70,72). The highest BCUT2D eigenvalue weighted by atomic mass is 32.2. The van der Waals surface area contributed by atoms with Crippen molar-refractivity contribution in [3.63, 3.8) is 0 Å². The molecule has 17 heteroatoms. The van der Waals surface area contributed by atoms with Crippen LogP contribution in [-0.4, -0.2) is 94.7 Å². The number of carbonyl (C=O) groups is 2. The maximum absolute atomic E-state index is 14.1. The molecule has 1 aliphatic heterocycles. The number of sulfonamides is 2. The van der Waals surface area contributed by atoms with E-state index in [9.17, 15) is 26.4 Å². The lowest BCUT2D eigenvalue weighted by atomic mass is 9.79. The average Bonchev–Trinajstić information content (AvgIpc) is 1.48. The second-order valence-electron chi connectivity index (χ2n) is 26.0. The Morgan fingerprint density at radius 2 is 0.635 bits per heavy atom. The van der Waals surface area contributed by atoms with Crippen LogP contribution < -0.4 is 28.4 Å². The third-order valence-electron chi connectivity index (χ3n) is 14.9. The largest absolute Gasteiger partial charge is 0.491 e. The van der Waals surface area contributed by atoms with E-state index in [4.69, 9.17) is 33.2 Å². The summed E-state index contributed by atoms with van der Waals surface area (Å²) in [6.07, 6.45) is 0.946. The van der Waals surface area contributed by atoms with E-state index in [1.807, 2.05) is 12.1 Å². The third-order valence-corrected chi connectivity index (χ3v) is 17.7. The first-order chi connectivity index (χ1) is 40.0. The van der Waals surface area contributed by atoms with Gasteiger partial charge in [-0.1, -0.05) is 168 Å². The summed E-state index contributed by atoms with van der Waals surface area (Å²) in [6, 6.07) is 32.4. The fraction of sp³-hybridized carbons (Fsp3) is 0.441. The highest BCUT2D eigenvalue weighted by molar-refractivity contribution is 7.90. The van der Waals surface area contributed by atoms with Crippen LogP contribution in [0.5, 0.6) is 23.0 Å². The fourth-order valence-electron chi connectivity index (χ4n) is 10.3. The lowest BCUT2D eigenvalue weighted by Crippen LogP contribution is -2.34. The number of nitrogens with one attached hydrogen (secondary N) is 2. The van der Waals surface area contributed by atoms with Gasteiger partial charge in [-0.3, -0.25) is 9.59 Å². The van der Waals surface area contributed by atoms with Crippen molar-refractivity contribution in [3.05, 3.63) is 176 Å². The predicted molar refractivity (Wildman–Crippen MR) is 330 cm³/mol. The Hall–Kier alpha value is -6.76. The van der Waals surface area contributed by atoms with Crippen molar-refractivity contribution in [2.75, 3.05) is 66.1 Å². The zero-order valence-electron chi connectivity index (χ0n) is 51.4. The molecule has 85 heavy (non-hydrogen) atoms. The number of rotatable bonds is 10. The van der Waals surface area contributed by atoms with Crippen LogP contribution in [0.1, 0.15) is 150 Å². The number of benzene rings is 6. The van der Waals surface area contributed by atoms with Crippen LogP contribution in [0.15, 0.2) is 119 Å². The summed E-state index contributed by atoms with van der Waals surface area (Å²) in [6.45, 7) is 26.8. The van der Waals surface area contributed by atoms with Gasteiger partial charge in [0, 0.05) is 25.7 Å². The van der Waals surface area contributed by atoms with Gasteiger partial charge >= 0.3 is 0 Å². The van der Waals surface area contributed by atoms with Crippen LogP contribution in [0.3, 0.4) is 0 Å². The number of hydrogen-bond acceptors (Lipinski definition) is 13. The molecule has 0 unspecified atom stereocenters. The average molecular weight is 1200 g/mol. The molecule has 2 amide bonds. The Kier molecular flexibility index (Phi) is 20.0. The van der Waals surface area contributed by atoms with Crippen molar-refractivity contribution >= 4 is 31.9 Å². The third kappa shape index (κ3) is 16.8. The summed E-state index contributed by atoms with van der Waals surface area (Å²) in [5.74, 6) is 0.202. The molecule has 0 atom stereocenters. The van der Waals surface area contributed by atoms with Gasteiger partial charge in [-0.2, -0.15) is 0 Å². The lowest BCUT2D eigenvalue weighted by Gasteiger charge is -2.29. The summed E-state index contributed by atoms with van der Waals surface area (Å²) in [5.41, 5.74) is 8.54. The maximum atomic E-state index is 14.1. The van der Waals surface area contributed by atoms with Crippen molar-refractivity contribution < 1.29 is 59.6 Å². The summed E-state index contributed by atoms with van der Waals surface area (Å²) < 4.78 is 104. The number of hydrogen-bond donors (Lipinski definition) is 2. The van der Waals surface area contributed by atoms with E-state index in [1.54, 1.807) is 36.4 Å². The van der Waals surface area contributed by atoms with Crippen molar-refractivity contribution in [1.29, 1.82) is 0 Å². The summed E-state index contributed by atoms with van der Waals surface area (Å²) in [4.78, 5) is 27.9. The van der Waals surface area contributed by atoms with Gasteiger partial charge < -0.3 is 33.2 Å². The van der Waals surface area contributed by atoms with Gasteiger partial charge in [-0.25, -0.2) is 26.3 Å². The van der Waals surface area contributed by atoms with Crippen LogP contribution >= 0.6 is 0 Å². The van der Waals surface area contributed by atoms with Gasteiger partial charge in [0.15, 0.2) is 13.2 Å².